The number of benzene rings is 1. The lowest BCUT2D eigenvalue weighted by molar-refractivity contribution is -0.139. The van der Waals surface area contributed by atoms with Crippen LogP contribution in [-0.4, -0.2) is 42.4 Å². The van der Waals surface area contributed by atoms with Gasteiger partial charge >= 0.3 is 0 Å². The number of rotatable bonds is 6. The van der Waals surface area contributed by atoms with E-state index in [4.69, 9.17) is 0 Å². The Morgan fingerprint density at radius 2 is 2.04 bits per heavy atom. The molecule has 1 unspecified atom stereocenters. The third-order valence-corrected chi connectivity index (χ3v) is 4.81. The first-order valence-corrected chi connectivity index (χ1v) is 8.55. The highest BCUT2D eigenvalue weighted by Gasteiger charge is 2.32. The van der Waals surface area contributed by atoms with Gasteiger partial charge in [-0.15, -0.1) is 0 Å². The molecule has 0 radical (unpaired) electrons. The lowest BCUT2D eigenvalue weighted by atomic mass is 9.85. The van der Waals surface area contributed by atoms with E-state index in [1.54, 1.807) is 0 Å². The van der Waals surface area contributed by atoms with E-state index in [0.717, 1.165) is 25.2 Å². The predicted octanol–water partition coefficient (Wildman–Crippen LogP) is 1.29. The van der Waals surface area contributed by atoms with Crippen molar-refractivity contribution in [3.8, 4) is 0 Å². The van der Waals surface area contributed by atoms with Crippen molar-refractivity contribution in [2.24, 2.45) is 5.92 Å². The van der Waals surface area contributed by atoms with Crippen LogP contribution in [0.1, 0.15) is 31.2 Å². The molecule has 1 aromatic carbocycles. The topological polar surface area (TPSA) is 61.4 Å². The van der Waals surface area contributed by atoms with E-state index in [9.17, 15) is 9.59 Å². The first-order valence-electron chi connectivity index (χ1n) is 8.55. The van der Waals surface area contributed by atoms with Crippen molar-refractivity contribution in [3.63, 3.8) is 0 Å². The van der Waals surface area contributed by atoms with Gasteiger partial charge in [-0.3, -0.25) is 9.59 Å². The van der Waals surface area contributed by atoms with Gasteiger partial charge in [0.25, 0.3) is 0 Å². The minimum Gasteiger partial charge on any atom is -0.352 e. The Hall–Kier alpha value is -1.88. The summed E-state index contributed by atoms with van der Waals surface area (Å²) >= 11 is 0. The normalized spacial score (nSPS) is 21.8. The van der Waals surface area contributed by atoms with Gasteiger partial charge in [0.1, 0.15) is 0 Å². The maximum Gasteiger partial charge on any atom is 0.240 e. The molecule has 124 valence electrons. The highest BCUT2D eigenvalue weighted by atomic mass is 16.2. The van der Waals surface area contributed by atoms with Gasteiger partial charge in [-0.2, -0.15) is 0 Å². The summed E-state index contributed by atoms with van der Waals surface area (Å²) in [5.41, 5.74) is 1.07. The molecular formula is C18H25N3O2. The molecule has 23 heavy (non-hydrogen) atoms. The van der Waals surface area contributed by atoms with E-state index in [1.807, 2.05) is 35.2 Å². The summed E-state index contributed by atoms with van der Waals surface area (Å²) in [5.74, 6) is 0.674. The van der Waals surface area contributed by atoms with Crippen LogP contribution in [-0.2, 0) is 16.1 Å². The van der Waals surface area contributed by atoms with Gasteiger partial charge in [0, 0.05) is 26.2 Å². The quantitative estimate of drug-likeness (QED) is 0.832. The Labute approximate surface area is 137 Å². The molecule has 5 heteroatoms. The molecule has 0 bridgehead atoms. The molecule has 3 rings (SSSR count). The van der Waals surface area contributed by atoms with Crippen LogP contribution in [0.4, 0.5) is 0 Å². The molecule has 1 saturated carbocycles. The molecule has 2 amide bonds. The maximum absolute atomic E-state index is 12.5. The van der Waals surface area contributed by atoms with E-state index in [0.29, 0.717) is 12.5 Å². The smallest absolute Gasteiger partial charge is 0.240 e. The van der Waals surface area contributed by atoms with Crippen molar-refractivity contribution in [3.05, 3.63) is 35.9 Å². The molecule has 1 heterocycles. The Bertz CT molecular complexity index is 542. The van der Waals surface area contributed by atoms with E-state index in [2.05, 4.69) is 10.6 Å². The van der Waals surface area contributed by atoms with Gasteiger partial charge in [0.05, 0.1) is 12.5 Å². The number of carbonyl (C=O) groups is 2. The third kappa shape index (κ3) is 4.32. The van der Waals surface area contributed by atoms with Crippen LogP contribution in [0.15, 0.2) is 30.3 Å². The van der Waals surface area contributed by atoms with E-state index >= 15 is 0 Å². The van der Waals surface area contributed by atoms with Crippen LogP contribution in [0.3, 0.4) is 0 Å². The Morgan fingerprint density at radius 3 is 2.74 bits per heavy atom. The summed E-state index contributed by atoms with van der Waals surface area (Å²) in [7, 11) is 0. The monoisotopic (exact) mass is 315 g/mol. The molecule has 1 aromatic rings. The molecule has 1 aliphatic carbocycles. The van der Waals surface area contributed by atoms with Crippen molar-refractivity contribution in [2.45, 2.75) is 38.3 Å². The summed E-state index contributed by atoms with van der Waals surface area (Å²) in [4.78, 5) is 26.5. The van der Waals surface area contributed by atoms with E-state index < -0.39 is 0 Å². The lowest BCUT2D eigenvalue weighted by Crippen LogP contribution is -2.57. The van der Waals surface area contributed by atoms with Gasteiger partial charge in [0.2, 0.25) is 11.8 Å². The maximum atomic E-state index is 12.5. The first-order chi connectivity index (χ1) is 11.2. The van der Waals surface area contributed by atoms with Crippen molar-refractivity contribution in [1.29, 1.82) is 0 Å². The number of hydrogen-bond donors (Lipinski definition) is 2. The Balaban J connectivity index is 1.46. The van der Waals surface area contributed by atoms with Crippen molar-refractivity contribution in [1.82, 2.24) is 15.5 Å². The van der Waals surface area contributed by atoms with E-state index in [-0.39, 0.29) is 24.3 Å². The summed E-state index contributed by atoms with van der Waals surface area (Å²) in [6.45, 7) is 2.90. The molecule has 1 saturated heterocycles. The number of piperazine rings is 1. The molecule has 0 spiro atoms. The van der Waals surface area contributed by atoms with Gasteiger partial charge in [0.15, 0.2) is 0 Å². The van der Waals surface area contributed by atoms with Crippen molar-refractivity contribution < 1.29 is 9.59 Å². The third-order valence-electron chi connectivity index (χ3n) is 4.81. The minimum absolute atomic E-state index is 0.0785. The average Bonchev–Trinajstić information content (AvgIpc) is 2.53. The van der Waals surface area contributed by atoms with Crippen LogP contribution >= 0.6 is 0 Å². The zero-order valence-corrected chi connectivity index (χ0v) is 13.5. The van der Waals surface area contributed by atoms with Crippen LogP contribution in [0, 0.1) is 5.92 Å². The Morgan fingerprint density at radius 1 is 1.26 bits per heavy atom. The molecule has 1 atom stereocenters. The summed E-state index contributed by atoms with van der Waals surface area (Å²) in [6, 6.07) is 9.43. The fourth-order valence-corrected chi connectivity index (χ4v) is 3.17. The second-order valence-electron chi connectivity index (χ2n) is 6.55. The van der Waals surface area contributed by atoms with E-state index in [1.165, 1.54) is 19.3 Å². The van der Waals surface area contributed by atoms with Crippen LogP contribution in [0.25, 0.3) is 0 Å². The molecule has 2 N–H and O–H groups in total. The largest absolute Gasteiger partial charge is 0.352 e. The number of nitrogens with zero attached hydrogens (tertiary/aromatic N) is 1. The predicted molar refractivity (Wildman–Crippen MR) is 88.6 cm³/mol. The van der Waals surface area contributed by atoms with Gasteiger partial charge in [-0.05, 0) is 24.3 Å². The zero-order valence-electron chi connectivity index (χ0n) is 13.5. The lowest BCUT2D eigenvalue weighted by Gasteiger charge is -2.37. The molecule has 2 fully saturated rings. The second-order valence-corrected chi connectivity index (χ2v) is 6.55. The average molecular weight is 315 g/mol. The summed E-state index contributed by atoms with van der Waals surface area (Å²) in [6.07, 6.45) is 3.97. The van der Waals surface area contributed by atoms with Crippen LogP contribution in [0.2, 0.25) is 0 Å². The van der Waals surface area contributed by atoms with Gasteiger partial charge in [-0.1, -0.05) is 36.8 Å². The molecule has 5 nitrogen and oxygen atoms in total. The highest BCUT2D eigenvalue weighted by Crippen LogP contribution is 2.27. The molecule has 1 aliphatic heterocycles. The number of nitrogens with one attached hydrogen (secondary N) is 2. The SMILES string of the molecule is O=C(CC1NCCN(CC2CCC2)C1=O)NCc1ccccc1. The fraction of sp³-hybridized carbons (Fsp3) is 0.556. The summed E-state index contributed by atoms with van der Waals surface area (Å²) in [5, 5.41) is 6.08. The van der Waals surface area contributed by atoms with Crippen LogP contribution in [0.5, 0.6) is 0 Å². The Kier molecular flexibility index (Phi) is 5.28. The molecule has 2 aliphatic rings. The standard InChI is InChI=1S/C18H25N3O2/c22-17(20-12-14-5-2-1-3-6-14)11-16-18(23)21(10-9-19-16)13-15-7-4-8-15/h1-3,5-6,15-16,19H,4,7-13H2,(H,20,22). The molecular weight excluding hydrogens is 290 g/mol. The van der Waals surface area contributed by atoms with Crippen molar-refractivity contribution in [2.75, 3.05) is 19.6 Å². The van der Waals surface area contributed by atoms with Gasteiger partial charge < -0.3 is 15.5 Å². The number of carbonyl (C=O) groups excluding carboxylic acids is 2. The number of amides is 2. The zero-order chi connectivity index (χ0) is 16.1. The molecule has 0 aromatic heterocycles. The fourth-order valence-electron chi connectivity index (χ4n) is 3.17. The van der Waals surface area contributed by atoms with Crippen molar-refractivity contribution >= 4 is 11.8 Å². The minimum atomic E-state index is -0.375. The highest BCUT2D eigenvalue weighted by molar-refractivity contribution is 5.88. The van der Waals surface area contributed by atoms with Crippen LogP contribution < -0.4 is 10.6 Å². The summed E-state index contributed by atoms with van der Waals surface area (Å²) < 4.78 is 0. The second kappa shape index (κ2) is 7.59. The first kappa shape index (κ1) is 16.0. The number of hydrogen-bond acceptors (Lipinski definition) is 3. The van der Waals surface area contributed by atoms with Gasteiger partial charge in [-0.25, -0.2) is 0 Å².